The number of carbonyl (C=O) groups excluding carboxylic acids is 1. The van der Waals surface area contributed by atoms with Gasteiger partial charge in [0.05, 0.1) is 11.8 Å². The maximum atomic E-state index is 12.5. The Labute approximate surface area is 139 Å². The van der Waals surface area contributed by atoms with Crippen molar-refractivity contribution in [3.63, 3.8) is 0 Å². The Morgan fingerprint density at radius 3 is 2.09 bits per heavy atom. The van der Waals surface area contributed by atoms with Crippen molar-refractivity contribution in [1.29, 1.82) is 0 Å². The van der Waals surface area contributed by atoms with Crippen LogP contribution in [0.2, 0.25) is 0 Å². The maximum Gasteiger partial charge on any atom is 0.239 e. The van der Waals surface area contributed by atoms with Gasteiger partial charge in [-0.15, -0.1) is 0 Å². The van der Waals surface area contributed by atoms with Gasteiger partial charge in [-0.25, -0.2) is 8.42 Å². The van der Waals surface area contributed by atoms with Crippen molar-refractivity contribution in [2.75, 3.05) is 25.6 Å². The van der Waals surface area contributed by atoms with E-state index in [9.17, 15) is 13.2 Å². The zero-order valence-corrected chi connectivity index (χ0v) is 15.1. The summed E-state index contributed by atoms with van der Waals surface area (Å²) in [4.78, 5) is 14.3. The number of nitrogens with zero attached hydrogens (tertiary/aromatic N) is 1. The SMILES string of the molecule is CN(CC12CC3CC(CC(C3)C1)C2)C(=O)C(N)CCS(C)(=O)=O. The second kappa shape index (κ2) is 6.03. The van der Waals surface area contributed by atoms with Crippen LogP contribution in [0.15, 0.2) is 0 Å². The molecule has 0 radical (unpaired) electrons. The van der Waals surface area contributed by atoms with Crippen molar-refractivity contribution in [2.24, 2.45) is 28.9 Å². The Bertz CT molecular complexity index is 537. The lowest BCUT2D eigenvalue weighted by atomic mass is 9.49. The molecule has 0 aromatic rings. The fraction of sp³-hybridized carbons (Fsp3) is 0.941. The number of hydrogen-bond acceptors (Lipinski definition) is 4. The summed E-state index contributed by atoms with van der Waals surface area (Å²) in [5.41, 5.74) is 6.24. The molecule has 1 atom stereocenters. The van der Waals surface area contributed by atoms with E-state index in [1.54, 1.807) is 4.90 Å². The van der Waals surface area contributed by atoms with Crippen molar-refractivity contribution in [3.8, 4) is 0 Å². The van der Waals surface area contributed by atoms with E-state index in [1.807, 2.05) is 7.05 Å². The molecule has 23 heavy (non-hydrogen) atoms. The molecule has 4 rings (SSSR count). The van der Waals surface area contributed by atoms with Crippen LogP contribution in [0.25, 0.3) is 0 Å². The first-order valence-corrected chi connectivity index (χ1v) is 10.9. The molecule has 4 bridgehead atoms. The highest BCUT2D eigenvalue weighted by atomic mass is 32.2. The molecule has 0 aromatic carbocycles. The zero-order valence-electron chi connectivity index (χ0n) is 14.3. The van der Waals surface area contributed by atoms with Gasteiger partial charge in [-0.2, -0.15) is 0 Å². The number of likely N-dealkylation sites (N-methyl/N-ethyl adjacent to an activating group) is 1. The number of amides is 1. The lowest BCUT2D eigenvalue weighted by Crippen LogP contribution is -2.53. The number of carbonyl (C=O) groups is 1. The lowest BCUT2D eigenvalue weighted by molar-refractivity contribution is -0.136. The van der Waals surface area contributed by atoms with Crippen LogP contribution in [0, 0.1) is 23.2 Å². The first kappa shape index (κ1) is 17.2. The molecule has 5 nitrogen and oxygen atoms in total. The van der Waals surface area contributed by atoms with Gasteiger partial charge in [-0.05, 0) is 68.1 Å². The highest BCUT2D eigenvalue weighted by Crippen LogP contribution is 2.60. The number of hydrogen-bond donors (Lipinski definition) is 1. The zero-order chi connectivity index (χ0) is 16.8. The van der Waals surface area contributed by atoms with Crippen LogP contribution in [0.3, 0.4) is 0 Å². The van der Waals surface area contributed by atoms with E-state index in [-0.39, 0.29) is 18.1 Å². The van der Waals surface area contributed by atoms with E-state index >= 15 is 0 Å². The van der Waals surface area contributed by atoms with Crippen LogP contribution < -0.4 is 5.73 Å². The van der Waals surface area contributed by atoms with Crippen LogP contribution in [0.1, 0.15) is 44.9 Å². The molecule has 4 aliphatic carbocycles. The van der Waals surface area contributed by atoms with Gasteiger partial charge in [0.2, 0.25) is 5.91 Å². The van der Waals surface area contributed by atoms with Gasteiger partial charge in [-0.3, -0.25) is 4.79 Å². The molecule has 4 aliphatic rings. The van der Waals surface area contributed by atoms with Crippen LogP contribution in [0.4, 0.5) is 0 Å². The predicted molar refractivity (Wildman–Crippen MR) is 90.5 cm³/mol. The summed E-state index contributed by atoms with van der Waals surface area (Å²) in [7, 11) is -1.24. The average molecular weight is 343 g/mol. The molecule has 0 aliphatic heterocycles. The van der Waals surface area contributed by atoms with Crippen LogP contribution in [-0.4, -0.2) is 50.9 Å². The fourth-order valence-corrected chi connectivity index (χ4v) is 6.49. The summed E-state index contributed by atoms with van der Waals surface area (Å²) >= 11 is 0. The summed E-state index contributed by atoms with van der Waals surface area (Å²) in [5.74, 6) is 2.46. The van der Waals surface area contributed by atoms with E-state index in [0.717, 1.165) is 24.3 Å². The Morgan fingerprint density at radius 1 is 1.17 bits per heavy atom. The molecule has 6 heteroatoms. The molecule has 1 unspecified atom stereocenters. The Balaban J connectivity index is 1.58. The van der Waals surface area contributed by atoms with Gasteiger partial charge in [0.1, 0.15) is 9.84 Å². The molecular weight excluding hydrogens is 312 g/mol. The molecule has 0 spiro atoms. The summed E-state index contributed by atoms with van der Waals surface area (Å²) in [6, 6.07) is -0.705. The van der Waals surface area contributed by atoms with Crippen LogP contribution in [0.5, 0.6) is 0 Å². The molecule has 0 saturated heterocycles. The number of rotatable bonds is 6. The van der Waals surface area contributed by atoms with Crippen molar-refractivity contribution in [3.05, 3.63) is 0 Å². The maximum absolute atomic E-state index is 12.5. The highest BCUT2D eigenvalue weighted by molar-refractivity contribution is 7.90. The van der Waals surface area contributed by atoms with Crippen molar-refractivity contribution < 1.29 is 13.2 Å². The van der Waals surface area contributed by atoms with E-state index in [2.05, 4.69) is 0 Å². The normalized spacial score (nSPS) is 36.9. The largest absolute Gasteiger partial charge is 0.344 e. The van der Waals surface area contributed by atoms with Crippen molar-refractivity contribution >= 4 is 15.7 Å². The fourth-order valence-electron chi connectivity index (χ4n) is 5.81. The van der Waals surface area contributed by atoms with Gasteiger partial charge in [-0.1, -0.05) is 0 Å². The van der Waals surface area contributed by atoms with Crippen LogP contribution >= 0.6 is 0 Å². The summed E-state index contributed by atoms with van der Waals surface area (Å²) in [5, 5.41) is 0. The quantitative estimate of drug-likeness (QED) is 0.792. The molecule has 4 saturated carbocycles. The standard InChI is InChI=1S/C17H30N2O3S/c1-19(16(20)15(18)3-4-23(2,21)22)11-17-8-12-5-13(9-17)7-14(6-12)10-17/h12-15H,3-11,18H2,1-2H3. The van der Waals surface area contributed by atoms with E-state index in [4.69, 9.17) is 5.73 Å². The third-order valence-electron chi connectivity index (χ3n) is 6.23. The summed E-state index contributed by atoms with van der Waals surface area (Å²) in [6.07, 6.45) is 9.35. The second-order valence-electron chi connectivity index (χ2n) is 8.64. The van der Waals surface area contributed by atoms with Gasteiger partial charge in [0.25, 0.3) is 0 Å². The Hall–Kier alpha value is -0.620. The third-order valence-corrected chi connectivity index (χ3v) is 7.21. The Kier molecular flexibility index (Phi) is 4.51. The summed E-state index contributed by atoms with van der Waals surface area (Å²) < 4.78 is 22.5. The molecular formula is C17H30N2O3S. The minimum absolute atomic E-state index is 0.0227. The van der Waals surface area contributed by atoms with Crippen LogP contribution in [-0.2, 0) is 14.6 Å². The first-order chi connectivity index (χ1) is 10.7. The highest BCUT2D eigenvalue weighted by Gasteiger charge is 2.51. The minimum atomic E-state index is -3.07. The molecule has 1 amide bonds. The van der Waals surface area contributed by atoms with Gasteiger partial charge < -0.3 is 10.6 Å². The molecule has 0 heterocycles. The second-order valence-corrected chi connectivity index (χ2v) is 10.9. The van der Waals surface area contributed by atoms with E-state index in [0.29, 0.717) is 5.41 Å². The molecule has 132 valence electrons. The topological polar surface area (TPSA) is 80.5 Å². The third kappa shape index (κ3) is 3.90. The van der Waals surface area contributed by atoms with Gasteiger partial charge in [0, 0.05) is 19.8 Å². The van der Waals surface area contributed by atoms with E-state index in [1.165, 1.54) is 44.8 Å². The molecule has 4 fully saturated rings. The van der Waals surface area contributed by atoms with Gasteiger partial charge in [0.15, 0.2) is 0 Å². The smallest absolute Gasteiger partial charge is 0.239 e. The van der Waals surface area contributed by atoms with Crippen molar-refractivity contribution in [2.45, 2.75) is 51.0 Å². The predicted octanol–water partition coefficient (Wildman–Crippen LogP) is 1.42. The Morgan fingerprint density at radius 2 is 1.65 bits per heavy atom. The van der Waals surface area contributed by atoms with E-state index < -0.39 is 15.9 Å². The minimum Gasteiger partial charge on any atom is -0.344 e. The average Bonchev–Trinajstić information content (AvgIpc) is 2.41. The molecule has 0 aromatic heterocycles. The number of nitrogens with two attached hydrogens (primary N) is 1. The first-order valence-electron chi connectivity index (χ1n) is 8.84. The number of sulfone groups is 1. The molecule has 2 N–H and O–H groups in total. The lowest BCUT2D eigenvalue weighted by Gasteiger charge is -2.57. The monoisotopic (exact) mass is 342 g/mol. The van der Waals surface area contributed by atoms with Crippen molar-refractivity contribution in [1.82, 2.24) is 4.90 Å². The summed E-state index contributed by atoms with van der Waals surface area (Å²) in [6.45, 7) is 0.794. The van der Waals surface area contributed by atoms with Gasteiger partial charge >= 0.3 is 0 Å².